The molecular formula is C15H23FN2O. The van der Waals surface area contributed by atoms with Crippen molar-refractivity contribution in [3.8, 4) is 5.75 Å². The molecule has 0 radical (unpaired) electrons. The molecular weight excluding hydrogens is 243 g/mol. The van der Waals surface area contributed by atoms with Crippen molar-refractivity contribution in [1.29, 1.82) is 0 Å². The first-order chi connectivity index (χ1) is 9.11. The number of hydrogen-bond donors (Lipinski definition) is 2. The van der Waals surface area contributed by atoms with Crippen LogP contribution in [-0.4, -0.2) is 35.7 Å². The summed E-state index contributed by atoms with van der Waals surface area (Å²) in [7, 11) is 0. The van der Waals surface area contributed by atoms with Gasteiger partial charge in [0.25, 0.3) is 0 Å². The van der Waals surface area contributed by atoms with Gasteiger partial charge in [-0.2, -0.15) is 0 Å². The molecule has 2 rings (SSSR count). The largest absolute Gasteiger partial charge is 0.508 e. The van der Waals surface area contributed by atoms with Crippen LogP contribution in [0.3, 0.4) is 0 Å². The minimum absolute atomic E-state index is 0.0227. The summed E-state index contributed by atoms with van der Waals surface area (Å²) in [6, 6.07) is 4.99. The molecule has 0 spiro atoms. The molecule has 4 heteroatoms. The van der Waals surface area contributed by atoms with E-state index in [2.05, 4.69) is 17.1 Å². The van der Waals surface area contributed by atoms with Crippen LogP contribution in [0.15, 0.2) is 18.2 Å². The van der Waals surface area contributed by atoms with E-state index in [1.807, 2.05) is 6.92 Å². The highest BCUT2D eigenvalue weighted by Gasteiger charge is 2.27. The zero-order valence-corrected chi connectivity index (χ0v) is 11.7. The highest BCUT2D eigenvalue weighted by atomic mass is 19.1. The molecule has 1 fully saturated rings. The number of aromatic hydroxyl groups is 1. The second-order valence-corrected chi connectivity index (χ2v) is 5.24. The zero-order chi connectivity index (χ0) is 13.8. The van der Waals surface area contributed by atoms with Crippen molar-refractivity contribution < 1.29 is 9.50 Å². The van der Waals surface area contributed by atoms with Crippen LogP contribution in [0.4, 0.5) is 4.39 Å². The van der Waals surface area contributed by atoms with Gasteiger partial charge in [-0.1, -0.05) is 13.0 Å². The number of rotatable bonds is 7. The first-order valence-corrected chi connectivity index (χ1v) is 7.07. The molecule has 2 N–H and O–H groups in total. The Morgan fingerprint density at radius 1 is 1.47 bits per heavy atom. The molecule has 1 aromatic rings. The lowest BCUT2D eigenvalue weighted by molar-refractivity contribution is 0.273. The van der Waals surface area contributed by atoms with E-state index in [4.69, 9.17) is 0 Å². The Morgan fingerprint density at radius 3 is 2.79 bits per heavy atom. The van der Waals surface area contributed by atoms with Crippen molar-refractivity contribution in [1.82, 2.24) is 10.2 Å². The van der Waals surface area contributed by atoms with Gasteiger partial charge in [-0.25, -0.2) is 4.39 Å². The maximum Gasteiger partial charge on any atom is 0.126 e. The number of nitrogens with zero attached hydrogens (tertiary/aromatic N) is 1. The average Bonchev–Trinajstić information content (AvgIpc) is 3.18. The lowest BCUT2D eigenvalue weighted by Crippen LogP contribution is -2.34. The molecule has 1 atom stereocenters. The Bertz CT molecular complexity index is 421. The van der Waals surface area contributed by atoms with Crippen molar-refractivity contribution >= 4 is 0 Å². The number of phenols is 1. The van der Waals surface area contributed by atoms with Crippen LogP contribution in [0.25, 0.3) is 0 Å². The molecule has 106 valence electrons. The Balaban J connectivity index is 1.81. The van der Waals surface area contributed by atoms with Crippen LogP contribution in [0, 0.1) is 5.82 Å². The summed E-state index contributed by atoms with van der Waals surface area (Å²) in [5.41, 5.74) is 0.746. The fraction of sp³-hybridized carbons (Fsp3) is 0.600. The van der Waals surface area contributed by atoms with Crippen molar-refractivity contribution in [2.75, 3.05) is 19.6 Å². The maximum absolute atomic E-state index is 12.9. The lowest BCUT2D eigenvalue weighted by atomic mass is 10.1. The van der Waals surface area contributed by atoms with Gasteiger partial charge in [0.15, 0.2) is 0 Å². The summed E-state index contributed by atoms with van der Waals surface area (Å²) in [5, 5.41) is 13.1. The highest BCUT2D eigenvalue weighted by molar-refractivity contribution is 5.34. The summed E-state index contributed by atoms with van der Waals surface area (Å²) in [6.45, 7) is 7.16. The molecule has 1 aliphatic rings. The van der Waals surface area contributed by atoms with E-state index in [1.165, 1.54) is 18.9 Å². The zero-order valence-electron chi connectivity index (χ0n) is 11.7. The van der Waals surface area contributed by atoms with E-state index in [-0.39, 0.29) is 11.8 Å². The second kappa shape index (κ2) is 6.35. The van der Waals surface area contributed by atoms with E-state index in [0.29, 0.717) is 0 Å². The number of likely N-dealkylation sites (N-methyl/N-ethyl adjacent to an activating group) is 1. The molecule has 1 saturated carbocycles. The van der Waals surface area contributed by atoms with E-state index in [0.717, 1.165) is 37.3 Å². The van der Waals surface area contributed by atoms with E-state index >= 15 is 0 Å². The minimum Gasteiger partial charge on any atom is -0.508 e. The van der Waals surface area contributed by atoms with Crippen LogP contribution in [0.5, 0.6) is 5.75 Å². The third-order valence-corrected chi connectivity index (χ3v) is 3.78. The number of benzene rings is 1. The standard InChI is InChI=1S/C15H23FN2O/c1-3-18(13-5-6-13)9-8-17-11(2)14-7-4-12(16)10-15(14)19/h4,7,10-11,13,17,19H,3,5-6,8-9H2,1-2H3. The summed E-state index contributed by atoms with van der Waals surface area (Å²) < 4.78 is 12.9. The van der Waals surface area contributed by atoms with E-state index in [9.17, 15) is 9.50 Å². The van der Waals surface area contributed by atoms with Gasteiger partial charge in [0.2, 0.25) is 0 Å². The predicted molar refractivity (Wildman–Crippen MR) is 74.8 cm³/mol. The van der Waals surface area contributed by atoms with Gasteiger partial charge in [0.05, 0.1) is 0 Å². The molecule has 19 heavy (non-hydrogen) atoms. The van der Waals surface area contributed by atoms with Gasteiger partial charge >= 0.3 is 0 Å². The van der Waals surface area contributed by atoms with Crippen molar-refractivity contribution in [2.24, 2.45) is 0 Å². The van der Waals surface area contributed by atoms with E-state index < -0.39 is 5.82 Å². The van der Waals surface area contributed by atoms with Gasteiger partial charge in [0, 0.05) is 36.8 Å². The maximum atomic E-state index is 12.9. The summed E-state index contributed by atoms with van der Waals surface area (Å²) >= 11 is 0. The van der Waals surface area contributed by atoms with Gasteiger partial charge in [0.1, 0.15) is 11.6 Å². The monoisotopic (exact) mass is 266 g/mol. The fourth-order valence-electron chi connectivity index (χ4n) is 2.46. The third kappa shape index (κ3) is 3.91. The normalized spacial score (nSPS) is 16.8. The van der Waals surface area contributed by atoms with E-state index in [1.54, 1.807) is 6.07 Å². The van der Waals surface area contributed by atoms with Crippen LogP contribution < -0.4 is 5.32 Å². The minimum atomic E-state index is -0.403. The molecule has 1 aliphatic carbocycles. The lowest BCUT2D eigenvalue weighted by Gasteiger charge is -2.22. The third-order valence-electron chi connectivity index (χ3n) is 3.78. The topological polar surface area (TPSA) is 35.5 Å². The Labute approximate surface area is 114 Å². The molecule has 1 aromatic carbocycles. The summed E-state index contributed by atoms with van der Waals surface area (Å²) in [4.78, 5) is 2.48. The molecule has 0 aromatic heterocycles. The Hall–Kier alpha value is -1.13. The number of halogens is 1. The Morgan fingerprint density at radius 2 is 2.21 bits per heavy atom. The predicted octanol–water partition coefficient (Wildman–Crippen LogP) is 2.67. The van der Waals surface area contributed by atoms with Gasteiger partial charge in [-0.05, 0) is 32.4 Å². The average molecular weight is 266 g/mol. The van der Waals surface area contributed by atoms with Crippen molar-refractivity contribution in [3.63, 3.8) is 0 Å². The summed E-state index contributed by atoms with van der Waals surface area (Å²) in [6.07, 6.45) is 2.64. The SMILES string of the molecule is CCN(CCNC(C)c1ccc(F)cc1O)C1CC1. The molecule has 1 unspecified atom stereocenters. The van der Waals surface area contributed by atoms with Gasteiger partial charge in [-0.3, -0.25) is 4.90 Å². The molecule has 0 heterocycles. The first kappa shape index (κ1) is 14.3. The molecule has 0 aliphatic heterocycles. The second-order valence-electron chi connectivity index (χ2n) is 5.24. The van der Waals surface area contributed by atoms with Crippen LogP contribution in [0.2, 0.25) is 0 Å². The highest BCUT2D eigenvalue weighted by Crippen LogP contribution is 2.26. The number of nitrogens with one attached hydrogen (secondary N) is 1. The molecule has 0 bridgehead atoms. The van der Waals surface area contributed by atoms with Gasteiger partial charge in [-0.15, -0.1) is 0 Å². The molecule has 0 amide bonds. The fourth-order valence-corrected chi connectivity index (χ4v) is 2.46. The summed E-state index contributed by atoms with van der Waals surface area (Å²) in [5.74, 6) is -0.381. The van der Waals surface area contributed by atoms with Crippen molar-refractivity contribution in [2.45, 2.75) is 38.8 Å². The van der Waals surface area contributed by atoms with Gasteiger partial charge < -0.3 is 10.4 Å². The number of hydrogen-bond acceptors (Lipinski definition) is 3. The quantitative estimate of drug-likeness (QED) is 0.796. The van der Waals surface area contributed by atoms with Crippen LogP contribution >= 0.6 is 0 Å². The number of phenolic OH excluding ortho intramolecular Hbond substituents is 1. The molecule has 0 saturated heterocycles. The smallest absolute Gasteiger partial charge is 0.126 e. The van der Waals surface area contributed by atoms with Crippen LogP contribution in [0.1, 0.15) is 38.3 Å². The molecule has 3 nitrogen and oxygen atoms in total. The van der Waals surface area contributed by atoms with Crippen LogP contribution in [-0.2, 0) is 0 Å². The van der Waals surface area contributed by atoms with Crippen molar-refractivity contribution in [3.05, 3.63) is 29.6 Å². The Kier molecular flexibility index (Phi) is 4.77. The first-order valence-electron chi connectivity index (χ1n) is 7.07.